The quantitative estimate of drug-likeness (QED) is 0.0304. The SMILES string of the molecule is CC(C)OC(=O)c1cc2c(cn1)C[C@]1(C2)C(=O)Nc2ncc(/C=C/CN(C)CCCCCN(C)C(=O)OC(C)(C)C)cc21.CN(CCCCC=O)C(=O)OC(C)(C)C.CNC/C=C/c1cnc2c(c1)[C@@]1(Cc3cnc(C(=O)OC(C)C)cc3C1)C(=O)N2. The number of carbonyl (C=O) groups is 7. The number of anilines is 2. The standard InChI is InChI=1S/C33H45N5O5.C22H24N4O3.C11H21NO3/c1-22(2)42-29(39)27-17-24-18-33(19-25(24)21-34-27)26-16-23(20-35-28(26)36-30(33)40)12-11-14-37(6)13-9-8-10-15-38(7)31(41)43-32(3,4)5;1-13(2)29-20(27)18-8-15-9-22(10-16(15)12-24-18)17-7-14(5-4-6-23-3)11-25-19(17)26-21(22)28;1-11(2,3)15-10(14)12(4)8-6-5-7-9-13/h11-12,16-17,20-22H,8-10,13-15,18-19H2,1-7H3,(H,35,36,40);4-5,7-8,11-13,23H,6,9-10H2,1-3H3,(H,25,26,28);9H,5-8H2,1-4H3/b12-11+;5-4+;/t33-;22-;/m01./s1. The smallest absolute Gasteiger partial charge is 0.410 e. The predicted octanol–water partition coefficient (Wildman–Crippen LogP) is 9.50. The topological polar surface area (TPSA) is 254 Å². The van der Waals surface area contributed by atoms with Crippen LogP contribution < -0.4 is 16.0 Å². The number of nitrogens with zero attached hydrogens (tertiary/aromatic N) is 7. The number of pyridine rings is 4. The van der Waals surface area contributed by atoms with Gasteiger partial charge in [-0.3, -0.25) is 9.59 Å². The van der Waals surface area contributed by atoms with Gasteiger partial charge >= 0.3 is 24.1 Å². The largest absolute Gasteiger partial charge is 0.458 e. The maximum atomic E-state index is 13.3. The van der Waals surface area contributed by atoms with Crippen molar-refractivity contribution in [3.8, 4) is 0 Å². The first kappa shape index (κ1) is 68.2. The second-order valence-corrected chi connectivity index (χ2v) is 25.3. The van der Waals surface area contributed by atoms with E-state index < -0.39 is 34.0 Å². The molecule has 0 radical (unpaired) electrons. The lowest BCUT2D eigenvalue weighted by molar-refractivity contribution is -0.121. The molecular formula is C66H90N10O11. The van der Waals surface area contributed by atoms with Crippen molar-refractivity contribution in [2.45, 2.75) is 168 Å². The average molecular weight is 1200 g/mol. The normalized spacial score (nSPS) is 17.1. The summed E-state index contributed by atoms with van der Waals surface area (Å²) in [6, 6.07) is 7.58. The number of ether oxygens (including phenoxy) is 4. The second kappa shape index (κ2) is 30.1. The number of rotatable bonds is 21. The minimum absolute atomic E-state index is 0.0566. The number of aromatic nitrogens is 4. The Balaban J connectivity index is 0.000000235. The molecule has 3 N–H and O–H groups in total. The number of amides is 4. The van der Waals surface area contributed by atoms with Gasteiger partial charge in [0.05, 0.1) is 23.0 Å². The van der Waals surface area contributed by atoms with Crippen LogP contribution in [0.4, 0.5) is 21.2 Å². The molecule has 21 heteroatoms. The van der Waals surface area contributed by atoms with E-state index in [2.05, 4.69) is 53.9 Å². The summed E-state index contributed by atoms with van der Waals surface area (Å²) in [5, 5.41) is 8.95. The van der Waals surface area contributed by atoms with Crippen LogP contribution in [0.3, 0.4) is 0 Å². The van der Waals surface area contributed by atoms with Crippen molar-refractivity contribution in [1.29, 1.82) is 0 Å². The lowest BCUT2D eigenvalue weighted by Gasteiger charge is -2.24. The summed E-state index contributed by atoms with van der Waals surface area (Å²) in [4.78, 5) is 107. The van der Waals surface area contributed by atoms with E-state index in [-0.39, 0.29) is 47.6 Å². The van der Waals surface area contributed by atoms with Crippen LogP contribution in [0.15, 0.2) is 61.2 Å². The highest BCUT2D eigenvalue weighted by molar-refractivity contribution is 6.07. The van der Waals surface area contributed by atoms with Gasteiger partial charge in [0.1, 0.15) is 40.5 Å². The van der Waals surface area contributed by atoms with Gasteiger partial charge in [0.2, 0.25) is 11.8 Å². The number of likely N-dealkylation sites (N-methyl/N-ethyl adjacent to an activating group) is 2. The molecule has 87 heavy (non-hydrogen) atoms. The van der Waals surface area contributed by atoms with Crippen molar-refractivity contribution in [1.82, 2.24) is 40.0 Å². The van der Waals surface area contributed by atoms with E-state index in [1.54, 1.807) is 83.6 Å². The molecule has 0 saturated carbocycles. The van der Waals surface area contributed by atoms with E-state index >= 15 is 0 Å². The maximum absolute atomic E-state index is 13.3. The fraction of sp³-hybridized carbons (Fsp3) is 0.530. The monoisotopic (exact) mass is 1200 g/mol. The highest BCUT2D eigenvalue weighted by Crippen LogP contribution is 2.48. The van der Waals surface area contributed by atoms with Crippen LogP contribution in [0.5, 0.6) is 0 Å². The van der Waals surface area contributed by atoms with Crippen LogP contribution in [0.25, 0.3) is 12.2 Å². The molecule has 4 aromatic heterocycles. The first-order valence-corrected chi connectivity index (χ1v) is 30.1. The molecule has 2 aliphatic heterocycles. The number of fused-ring (bicyclic) bond motifs is 6. The Morgan fingerprint density at radius 3 is 1.45 bits per heavy atom. The Kier molecular flexibility index (Phi) is 23.6. The van der Waals surface area contributed by atoms with Crippen molar-refractivity contribution in [3.63, 3.8) is 0 Å². The van der Waals surface area contributed by atoms with E-state index in [0.29, 0.717) is 56.8 Å². The zero-order valence-corrected chi connectivity index (χ0v) is 53.4. The van der Waals surface area contributed by atoms with E-state index in [0.717, 1.165) is 103 Å². The number of nitrogens with one attached hydrogen (secondary N) is 3. The third kappa shape index (κ3) is 18.8. The number of esters is 2. The lowest BCUT2D eigenvalue weighted by Crippen LogP contribution is -2.35. The predicted molar refractivity (Wildman–Crippen MR) is 334 cm³/mol. The Labute approximate surface area is 512 Å². The molecule has 0 saturated heterocycles. The number of carbonyl (C=O) groups excluding carboxylic acids is 7. The van der Waals surface area contributed by atoms with Crippen LogP contribution in [0.2, 0.25) is 0 Å². The molecule has 4 aromatic rings. The van der Waals surface area contributed by atoms with Gasteiger partial charge in [0.15, 0.2) is 0 Å². The summed E-state index contributed by atoms with van der Waals surface area (Å²) >= 11 is 0. The van der Waals surface area contributed by atoms with E-state index in [1.807, 2.05) is 79.0 Å². The third-order valence-electron chi connectivity index (χ3n) is 14.8. The van der Waals surface area contributed by atoms with Crippen molar-refractivity contribution < 1.29 is 52.5 Å². The first-order valence-electron chi connectivity index (χ1n) is 30.1. The van der Waals surface area contributed by atoms with Crippen LogP contribution in [0, 0.1) is 0 Å². The summed E-state index contributed by atoms with van der Waals surface area (Å²) in [6.07, 6.45) is 22.2. The van der Waals surface area contributed by atoms with Crippen LogP contribution in [-0.2, 0) is 69.8 Å². The molecule has 2 spiro atoms. The van der Waals surface area contributed by atoms with E-state index in [9.17, 15) is 33.6 Å². The van der Waals surface area contributed by atoms with Crippen molar-refractivity contribution in [3.05, 3.63) is 117 Å². The molecule has 2 aliphatic carbocycles. The zero-order chi connectivity index (χ0) is 63.9. The summed E-state index contributed by atoms with van der Waals surface area (Å²) < 4.78 is 21.1. The average Bonchev–Trinajstić information content (AvgIpc) is 1.59. The summed E-state index contributed by atoms with van der Waals surface area (Å²) in [6.45, 7) is 22.1. The van der Waals surface area contributed by atoms with Crippen LogP contribution >= 0.6 is 0 Å². The summed E-state index contributed by atoms with van der Waals surface area (Å²) in [5.74, 6) is 0.172. The number of hydrogen-bond donors (Lipinski definition) is 3. The molecular weight excluding hydrogens is 1110 g/mol. The zero-order valence-electron chi connectivity index (χ0n) is 53.4. The Bertz CT molecular complexity index is 3180. The van der Waals surface area contributed by atoms with Gasteiger partial charge in [-0.25, -0.2) is 39.1 Å². The third-order valence-corrected chi connectivity index (χ3v) is 14.8. The first-order chi connectivity index (χ1) is 41.1. The summed E-state index contributed by atoms with van der Waals surface area (Å²) in [5.41, 5.74) is 5.63. The number of aldehydes is 1. The van der Waals surface area contributed by atoms with Gasteiger partial charge in [-0.2, -0.15) is 0 Å². The Hall–Kier alpha value is -7.91. The molecule has 8 rings (SSSR count). The van der Waals surface area contributed by atoms with Gasteiger partial charge in [0.25, 0.3) is 0 Å². The summed E-state index contributed by atoms with van der Waals surface area (Å²) in [7, 11) is 7.45. The minimum atomic E-state index is -0.759. The highest BCUT2D eigenvalue weighted by atomic mass is 16.6. The van der Waals surface area contributed by atoms with Crippen molar-refractivity contribution in [2.75, 3.05) is 71.5 Å². The molecule has 21 nitrogen and oxygen atoms in total. The molecule has 6 heterocycles. The molecule has 470 valence electrons. The second-order valence-electron chi connectivity index (χ2n) is 25.3. The van der Waals surface area contributed by atoms with E-state index in [1.165, 1.54) is 4.90 Å². The fourth-order valence-electron chi connectivity index (χ4n) is 10.5. The minimum Gasteiger partial charge on any atom is -0.458 e. The molecule has 0 unspecified atom stereocenters. The van der Waals surface area contributed by atoms with Crippen LogP contribution in [-0.4, -0.2) is 161 Å². The highest BCUT2D eigenvalue weighted by Gasteiger charge is 2.53. The van der Waals surface area contributed by atoms with Gasteiger partial charge in [-0.15, -0.1) is 0 Å². The number of hydrogen-bond acceptors (Lipinski definition) is 17. The Morgan fingerprint density at radius 1 is 0.598 bits per heavy atom. The van der Waals surface area contributed by atoms with Crippen molar-refractivity contribution >= 4 is 66.0 Å². The Morgan fingerprint density at radius 2 is 1.02 bits per heavy atom. The fourth-order valence-corrected chi connectivity index (χ4v) is 10.5. The molecule has 4 aliphatic rings. The molecule has 2 atom stereocenters. The van der Waals surface area contributed by atoms with E-state index in [4.69, 9.17) is 18.9 Å². The molecule has 0 aromatic carbocycles. The van der Waals surface area contributed by atoms with Crippen molar-refractivity contribution in [2.24, 2.45) is 0 Å². The molecule has 4 amide bonds. The van der Waals surface area contributed by atoms with Gasteiger partial charge in [-0.1, -0.05) is 30.7 Å². The lowest BCUT2D eigenvalue weighted by atomic mass is 9.79. The molecule has 0 bridgehead atoms. The number of unbranched alkanes of at least 4 members (excludes halogenated alkanes) is 4. The van der Waals surface area contributed by atoms with Gasteiger partial charge in [0, 0.05) is 82.6 Å². The molecule has 0 fully saturated rings. The van der Waals surface area contributed by atoms with Gasteiger partial charge < -0.3 is 54.4 Å². The van der Waals surface area contributed by atoms with Crippen LogP contribution in [0.1, 0.15) is 173 Å². The maximum Gasteiger partial charge on any atom is 0.410 e. The van der Waals surface area contributed by atoms with Gasteiger partial charge in [-0.05, 0) is 199 Å².